The first-order valence-corrected chi connectivity index (χ1v) is 9.72. The van der Waals surface area contributed by atoms with Crippen LogP contribution in [0.15, 0.2) is 65.6 Å². The number of aromatic nitrogens is 4. The van der Waals surface area contributed by atoms with E-state index in [-0.39, 0.29) is 18.8 Å². The van der Waals surface area contributed by atoms with E-state index >= 15 is 0 Å². The number of ether oxygens (including phenoxy) is 1. The van der Waals surface area contributed by atoms with Crippen LogP contribution < -0.4 is 16.3 Å². The van der Waals surface area contributed by atoms with Crippen LogP contribution in [0.3, 0.4) is 0 Å². The number of hydrogen-bond donors (Lipinski definition) is 1. The van der Waals surface area contributed by atoms with E-state index in [2.05, 4.69) is 15.0 Å². The highest BCUT2D eigenvalue weighted by atomic mass is 19.1. The molecule has 1 aliphatic rings. The molecule has 0 amide bonds. The molecule has 2 N–H and O–H groups in total. The van der Waals surface area contributed by atoms with Gasteiger partial charge in [-0.1, -0.05) is 12.1 Å². The Bertz CT molecular complexity index is 1080. The number of hydrogen-bond acceptors (Lipinski definition) is 6. The highest BCUT2D eigenvalue weighted by Gasteiger charge is 2.13. The summed E-state index contributed by atoms with van der Waals surface area (Å²) >= 11 is 0. The quantitative estimate of drug-likeness (QED) is 0.666. The van der Waals surface area contributed by atoms with Crippen LogP contribution in [0.25, 0.3) is 16.8 Å². The van der Waals surface area contributed by atoms with Gasteiger partial charge in [0.2, 0.25) is 0 Å². The average molecular weight is 410 g/mol. The lowest BCUT2D eigenvalue weighted by Gasteiger charge is -2.27. The summed E-state index contributed by atoms with van der Waals surface area (Å²) in [6, 6.07) is 11.6. The second-order valence-electron chi connectivity index (χ2n) is 6.97. The monoisotopic (exact) mass is 410 g/mol. The van der Waals surface area contributed by atoms with Gasteiger partial charge in [-0.05, 0) is 35.4 Å². The van der Waals surface area contributed by atoms with E-state index in [4.69, 9.17) is 10.5 Å². The summed E-state index contributed by atoms with van der Waals surface area (Å²) in [5.41, 5.74) is 7.94. The van der Waals surface area contributed by atoms with E-state index in [0.717, 1.165) is 30.0 Å². The molecule has 0 unspecified atom stereocenters. The van der Waals surface area contributed by atoms with E-state index < -0.39 is 0 Å². The van der Waals surface area contributed by atoms with Crippen molar-refractivity contribution in [1.82, 2.24) is 19.3 Å². The van der Waals surface area contributed by atoms with Crippen molar-refractivity contribution in [3.8, 4) is 16.8 Å². The molecule has 0 saturated carbocycles. The van der Waals surface area contributed by atoms with Crippen molar-refractivity contribution >= 4 is 5.82 Å². The van der Waals surface area contributed by atoms with Gasteiger partial charge in [-0.2, -0.15) is 5.10 Å². The zero-order chi connectivity index (χ0) is 20.9. The summed E-state index contributed by atoms with van der Waals surface area (Å²) in [6.07, 6.45) is 3.67. The Labute approximate surface area is 173 Å². The molecule has 156 valence electrons. The summed E-state index contributed by atoms with van der Waals surface area (Å²) in [6.45, 7) is 3.13. The van der Waals surface area contributed by atoms with Crippen molar-refractivity contribution < 1.29 is 9.13 Å². The van der Waals surface area contributed by atoms with E-state index in [9.17, 15) is 9.18 Å². The van der Waals surface area contributed by atoms with Crippen molar-refractivity contribution in [1.29, 1.82) is 0 Å². The summed E-state index contributed by atoms with van der Waals surface area (Å²) < 4.78 is 20.8. The SMILES string of the molecule is NC/C(=C\F)Cn1ncn(-c2cccc(-c3ccc(N4CCOCC4)nc3)c2)c1=O. The Kier molecular flexibility index (Phi) is 6.01. The molecular weight excluding hydrogens is 387 g/mol. The van der Waals surface area contributed by atoms with Crippen molar-refractivity contribution in [2.75, 3.05) is 37.7 Å². The minimum absolute atomic E-state index is 0.0193. The molecule has 0 radical (unpaired) electrons. The molecule has 0 spiro atoms. The number of rotatable bonds is 6. The second-order valence-corrected chi connectivity index (χ2v) is 6.97. The van der Waals surface area contributed by atoms with E-state index in [1.165, 1.54) is 15.6 Å². The van der Waals surface area contributed by atoms with Gasteiger partial charge < -0.3 is 15.4 Å². The Balaban J connectivity index is 1.57. The molecule has 0 bridgehead atoms. The zero-order valence-electron chi connectivity index (χ0n) is 16.4. The van der Waals surface area contributed by atoms with Crippen molar-refractivity contribution in [2.45, 2.75) is 6.54 Å². The van der Waals surface area contributed by atoms with Crippen LogP contribution in [0.5, 0.6) is 0 Å². The molecule has 2 aromatic heterocycles. The highest BCUT2D eigenvalue weighted by molar-refractivity contribution is 5.66. The minimum Gasteiger partial charge on any atom is -0.378 e. The molecule has 4 rings (SSSR count). The molecule has 3 heterocycles. The van der Waals surface area contributed by atoms with Crippen LogP contribution in [0.4, 0.5) is 10.2 Å². The normalized spacial score (nSPS) is 14.9. The van der Waals surface area contributed by atoms with Crippen LogP contribution in [0.1, 0.15) is 0 Å². The smallest absolute Gasteiger partial charge is 0.350 e. The molecule has 0 aliphatic carbocycles. The first kappa shape index (κ1) is 20.0. The molecule has 8 nitrogen and oxygen atoms in total. The third-order valence-electron chi connectivity index (χ3n) is 5.04. The maximum atomic E-state index is 12.8. The topological polar surface area (TPSA) is 91.2 Å². The fourth-order valence-electron chi connectivity index (χ4n) is 3.33. The van der Waals surface area contributed by atoms with Gasteiger partial charge in [0.25, 0.3) is 0 Å². The van der Waals surface area contributed by atoms with E-state index in [1.54, 1.807) is 0 Å². The van der Waals surface area contributed by atoms with Crippen molar-refractivity contribution in [3.63, 3.8) is 0 Å². The van der Waals surface area contributed by atoms with Crippen LogP contribution >= 0.6 is 0 Å². The predicted octanol–water partition coefficient (Wildman–Crippen LogP) is 1.74. The lowest BCUT2D eigenvalue weighted by molar-refractivity contribution is 0.122. The minimum atomic E-state index is -0.360. The maximum Gasteiger partial charge on any atom is 0.350 e. The van der Waals surface area contributed by atoms with Gasteiger partial charge in [-0.15, -0.1) is 0 Å². The summed E-state index contributed by atoms with van der Waals surface area (Å²) in [5, 5.41) is 4.07. The average Bonchev–Trinajstić information content (AvgIpc) is 3.18. The molecule has 1 saturated heterocycles. The third kappa shape index (κ3) is 4.17. The fourth-order valence-corrected chi connectivity index (χ4v) is 3.33. The maximum absolute atomic E-state index is 12.8. The summed E-state index contributed by atoms with van der Waals surface area (Å²) in [5.74, 6) is 0.923. The molecule has 9 heteroatoms. The van der Waals surface area contributed by atoms with Gasteiger partial charge >= 0.3 is 5.69 Å². The van der Waals surface area contributed by atoms with Gasteiger partial charge in [0.05, 0.1) is 31.8 Å². The number of morpholine rings is 1. The van der Waals surface area contributed by atoms with E-state index in [0.29, 0.717) is 30.8 Å². The van der Waals surface area contributed by atoms with Crippen LogP contribution in [-0.2, 0) is 11.3 Å². The molecule has 3 aromatic rings. The van der Waals surface area contributed by atoms with Crippen LogP contribution in [0, 0.1) is 0 Å². The first-order chi connectivity index (χ1) is 14.7. The number of benzene rings is 1. The lowest BCUT2D eigenvalue weighted by atomic mass is 10.1. The number of pyridine rings is 1. The van der Waals surface area contributed by atoms with Gasteiger partial charge in [0, 0.05) is 31.4 Å². The third-order valence-corrected chi connectivity index (χ3v) is 5.04. The van der Waals surface area contributed by atoms with Crippen molar-refractivity contribution in [3.05, 3.63) is 71.3 Å². The number of halogens is 1. The predicted molar refractivity (Wildman–Crippen MR) is 112 cm³/mol. The number of anilines is 1. The van der Waals surface area contributed by atoms with E-state index in [1.807, 2.05) is 42.6 Å². The molecule has 1 fully saturated rings. The van der Waals surface area contributed by atoms with Gasteiger partial charge in [-0.3, -0.25) is 0 Å². The molecule has 1 aromatic carbocycles. The Hall–Kier alpha value is -3.30. The van der Waals surface area contributed by atoms with Gasteiger partial charge in [0.1, 0.15) is 12.1 Å². The van der Waals surface area contributed by atoms with Gasteiger partial charge in [0.15, 0.2) is 0 Å². The second kappa shape index (κ2) is 9.02. The largest absolute Gasteiger partial charge is 0.378 e. The summed E-state index contributed by atoms with van der Waals surface area (Å²) in [7, 11) is 0. The number of nitrogens with zero attached hydrogens (tertiary/aromatic N) is 5. The Morgan fingerprint density at radius 3 is 2.73 bits per heavy atom. The molecule has 0 atom stereocenters. The first-order valence-electron chi connectivity index (χ1n) is 9.72. The Morgan fingerprint density at radius 1 is 1.20 bits per heavy atom. The lowest BCUT2D eigenvalue weighted by Crippen LogP contribution is -2.36. The standard InChI is InChI=1S/C21H23FN6O2/c22-11-16(12-23)14-28-21(29)27(15-25-28)19-3-1-2-17(10-19)18-4-5-20(24-13-18)26-6-8-30-9-7-26/h1-5,10-11,13,15H,6-9,12,14,23H2/b16-11+. The zero-order valence-corrected chi connectivity index (χ0v) is 16.4. The molecular formula is C21H23FN6O2. The molecule has 1 aliphatic heterocycles. The number of nitrogens with two attached hydrogens (primary N) is 1. The highest BCUT2D eigenvalue weighted by Crippen LogP contribution is 2.23. The van der Waals surface area contributed by atoms with Crippen LogP contribution in [0.2, 0.25) is 0 Å². The van der Waals surface area contributed by atoms with Crippen LogP contribution in [-0.4, -0.2) is 52.2 Å². The Morgan fingerprint density at radius 2 is 2.03 bits per heavy atom. The van der Waals surface area contributed by atoms with Crippen molar-refractivity contribution in [2.24, 2.45) is 5.73 Å². The molecule has 30 heavy (non-hydrogen) atoms. The summed E-state index contributed by atoms with van der Waals surface area (Å²) in [4.78, 5) is 19.4. The van der Waals surface area contributed by atoms with Gasteiger partial charge in [-0.25, -0.2) is 23.4 Å². The fraction of sp³-hybridized carbons (Fsp3) is 0.286.